The number of methoxy groups -OCH3 is 1. The van der Waals surface area contributed by atoms with Gasteiger partial charge in [-0.15, -0.1) is 0 Å². The van der Waals surface area contributed by atoms with E-state index in [0.29, 0.717) is 43.8 Å². The molecule has 0 bridgehead atoms. The van der Waals surface area contributed by atoms with Crippen molar-refractivity contribution < 1.29 is 19.1 Å². The minimum Gasteiger partial charge on any atom is -0.453 e. The Morgan fingerprint density at radius 1 is 1.23 bits per heavy atom. The number of nitrogens with one attached hydrogen (secondary N) is 1. The molecule has 0 unspecified atom stereocenters. The fourth-order valence-electron chi connectivity index (χ4n) is 4.43. The summed E-state index contributed by atoms with van der Waals surface area (Å²) in [5.74, 6) is 0.899. The molecule has 3 aliphatic rings. The van der Waals surface area contributed by atoms with Crippen LogP contribution in [0.15, 0.2) is 0 Å². The first-order valence-corrected chi connectivity index (χ1v) is 9.85. The lowest BCUT2D eigenvalue weighted by Gasteiger charge is -2.47. The Bertz CT molecular complexity index is 561. The molecule has 0 spiro atoms. The molecule has 0 aromatic heterocycles. The van der Waals surface area contributed by atoms with Crippen molar-refractivity contribution in [1.29, 1.82) is 0 Å². The van der Waals surface area contributed by atoms with Crippen molar-refractivity contribution in [3.05, 3.63) is 0 Å². The van der Waals surface area contributed by atoms with E-state index < -0.39 is 12.1 Å². The van der Waals surface area contributed by atoms with Crippen LogP contribution in [0.3, 0.4) is 0 Å². The van der Waals surface area contributed by atoms with Gasteiger partial charge < -0.3 is 19.9 Å². The van der Waals surface area contributed by atoms with Crippen molar-refractivity contribution in [2.45, 2.75) is 70.5 Å². The third-order valence-electron chi connectivity index (χ3n) is 5.80. The van der Waals surface area contributed by atoms with Gasteiger partial charge in [0.1, 0.15) is 6.04 Å². The number of hydrogen-bond acceptors (Lipinski definition) is 4. The molecule has 3 atom stereocenters. The summed E-state index contributed by atoms with van der Waals surface area (Å²) in [6.45, 7) is 5.39. The number of rotatable bonds is 5. The molecule has 7 nitrogen and oxygen atoms in total. The summed E-state index contributed by atoms with van der Waals surface area (Å²) in [5, 5.41) is 2.69. The summed E-state index contributed by atoms with van der Waals surface area (Å²) in [5.41, 5.74) is 0. The molecule has 3 fully saturated rings. The first kappa shape index (κ1) is 19.0. The first-order chi connectivity index (χ1) is 12.4. The third kappa shape index (κ3) is 4.13. The van der Waals surface area contributed by atoms with E-state index in [1.54, 1.807) is 0 Å². The number of fused-ring (bicyclic) bond motifs is 1. The fourth-order valence-corrected chi connectivity index (χ4v) is 4.43. The molecule has 26 heavy (non-hydrogen) atoms. The molecule has 1 N–H and O–H groups in total. The van der Waals surface area contributed by atoms with Crippen LogP contribution in [0.2, 0.25) is 0 Å². The van der Waals surface area contributed by atoms with E-state index in [9.17, 15) is 14.4 Å². The summed E-state index contributed by atoms with van der Waals surface area (Å²) in [7, 11) is 1.31. The van der Waals surface area contributed by atoms with Gasteiger partial charge in [-0.1, -0.05) is 13.8 Å². The summed E-state index contributed by atoms with van der Waals surface area (Å²) < 4.78 is 4.68. The summed E-state index contributed by atoms with van der Waals surface area (Å²) in [6, 6.07) is 0.168. The van der Waals surface area contributed by atoms with Crippen LogP contribution in [0, 0.1) is 11.8 Å². The normalized spacial score (nSPS) is 27.2. The maximum absolute atomic E-state index is 13.0. The lowest BCUT2D eigenvalue weighted by molar-refractivity contribution is -0.145. The van der Waals surface area contributed by atoms with Crippen LogP contribution in [0.25, 0.3) is 0 Å². The second-order valence-electron chi connectivity index (χ2n) is 8.29. The largest absolute Gasteiger partial charge is 0.453 e. The van der Waals surface area contributed by atoms with Gasteiger partial charge in [0.2, 0.25) is 11.8 Å². The van der Waals surface area contributed by atoms with E-state index in [4.69, 9.17) is 0 Å². The minimum atomic E-state index is -0.568. The minimum absolute atomic E-state index is 0.0302. The summed E-state index contributed by atoms with van der Waals surface area (Å²) >= 11 is 0. The smallest absolute Gasteiger partial charge is 0.407 e. The Morgan fingerprint density at radius 3 is 2.58 bits per heavy atom. The molecule has 3 amide bonds. The molecule has 2 heterocycles. The number of alkyl carbamates (subject to hydrolysis) is 1. The predicted octanol–water partition coefficient (Wildman–Crippen LogP) is 1.76. The van der Waals surface area contributed by atoms with Crippen LogP contribution in [-0.4, -0.2) is 66.0 Å². The molecule has 3 rings (SSSR count). The quantitative estimate of drug-likeness (QED) is 0.805. The van der Waals surface area contributed by atoms with Crippen molar-refractivity contribution in [2.24, 2.45) is 11.8 Å². The zero-order valence-electron chi connectivity index (χ0n) is 16.1. The van der Waals surface area contributed by atoms with E-state index in [-0.39, 0.29) is 17.9 Å². The van der Waals surface area contributed by atoms with Crippen molar-refractivity contribution in [2.75, 3.05) is 20.2 Å². The second-order valence-corrected chi connectivity index (χ2v) is 8.29. The van der Waals surface area contributed by atoms with Crippen LogP contribution in [-0.2, 0) is 14.3 Å². The van der Waals surface area contributed by atoms with Gasteiger partial charge in [0, 0.05) is 31.6 Å². The standard InChI is InChI=1S/C19H31N3O4/c1-12(2)10-15(20-19(25)26-3)18(24)21-9-8-16-13(11-21)4-7-17(23)22(16)14-5-6-14/h12-16H,4-11H2,1-3H3,(H,20,25)/t13-,15-,16-/m1/s1. The molecule has 1 saturated carbocycles. The number of amides is 3. The molecule has 0 aromatic rings. The lowest BCUT2D eigenvalue weighted by atomic mass is 9.83. The monoisotopic (exact) mass is 365 g/mol. The van der Waals surface area contributed by atoms with E-state index in [1.165, 1.54) is 7.11 Å². The Balaban J connectivity index is 1.65. The molecule has 2 aliphatic heterocycles. The zero-order chi connectivity index (χ0) is 18.8. The zero-order valence-corrected chi connectivity index (χ0v) is 16.1. The Labute approximate surface area is 155 Å². The average molecular weight is 365 g/mol. The van der Waals surface area contributed by atoms with Gasteiger partial charge >= 0.3 is 6.09 Å². The summed E-state index contributed by atoms with van der Waals surface area (Å²) in [4.78, 5) is 41.0. The topological polar surface area (TPSA) is 79.0 Å². The number of carbonyl (C=O) groups is 3. The number of piperidine rings is 2. The number of nitrogens with zero attached hydrogens (tertiary/aromatic N) is 2. The highest BCUT2D eigenvalue weighted by Gasteiger charge is 2.46. The van der Waals surface area contributed by atoms with Gasteiger partial charge in [-0.2, -0.15) is 0 Å². The van der Waals surface area contributed by atoms with E-state index in [0.717, 1.165) is 25.7 Å². The van der Waals surface area contributed by atoms with Crippen molar-refractivity contribution in [3.8, 4) is 0 Å². The highest BCUT2D eigenvalue weighted by molar-refractivity contribution is 5.86. The highest BCUT2D eigenvalue weighted by Crippen LogP contribution is 2.39. The lowest BCUT2D eigenvalue weighted by Crippen LogP contribution is -2.59. The SMILES string of the molecule is COC(=O)N[C@H](CC(C)C)C(=O)N1CC[C@@H]2[C@H](CCC(=O)N2C2CC2)C1. The van der Waals surface area contributed by atoms with Crippen molar-refractivity contribution >= 4 is 17.9 Å². The van der Waals surface area contributed by atoms with Crippen molar-refractivity contribution in [3.63, 3.8) is 0 Å². The molecule has 146 valence electrons. The van der Waals surface area contributed by atoms with Gasteiger partial charge in [0.05, 0.1) is 7.11 Å². The number of carbonyl (C=O) groups excluding carboxylic acids is 3. The van der Waals surface area contributed by atoms with E-state index >= 15 is 0 Å². The maximum atomic E-state index is 13.0. The van der Waals surface area contributed by atoms with Gasteiger partial charge in [-0.05, 0) is 43.9 Å². The first-order valence-electron chi connectivity index (χ1n) is 9.85. The van der Waals surface area contributed by atoms with E-state index in [1.807, 2.05) is 18.7 Å². The third-order valence-corrected chi connectivity index (χ3v) is 5.80. The van der Waals surface area contributed by atoms with Crippen LogP contribution in [0.5, 0.6) is 0 Å². The Hall–Kier alpha value is -1.79. The van der Waals surface area contributed by atoms with Gasteiger partial charge in [-0.3, -0.25) is 9.59 Å². The molecule has 0 aromatic carbocycles. The highest BCUT2D eigenvalue weighted by atomic mass is 16.5. The predicted molar refractivity (Wildman–Crippen MR) is 96.4 cm³/mol. The number of likely N-dealkylation sites (tertiary alicyclic amines) is 2. The molecular weight excluding hydrogens is 334 g/mol. The molecular formula is C19H31N3O4. The van der Waals surface area contributed by atoms with Crippen molar-refractivity contribution in [1.82, 2.24) is 15.1 Å². The average Bonchev–Trinajstić information content (AvgIpc) is 3.44. The molecule has 7 heteroatoms. The van der Waals surface area contributed by atoms with E-state index in [2.05, 4.69) is 15.0 Å². The van der Waals surface area contributed by atoms with Crippen LogP contribution in [0.4, 0.5) is 4.79 Å². The Kier molecular flexibility index (Phi) is 5.73. The van der Waals surface area contributed by atoms with Gasteiger partial charge in [-0.25, -0.2) is 4.79 Å². The van der Waals surface area contributed by atoms with Gasteiger partial charge in [0.15, 0.2) is 0 Å². The molecule has 1 aliphatic carbocycles. The van der Waals surface area contributed by atoms with Crippen LogP contribution >= 0.6 is 0 Å². The Morgan fingerprint density at radius 2 is 1.96 bits per heavy atom. The fraction of sp³-hybridized carbons (Fsp3) is 0.842. The van der Waals surface area contributed by atoms with Crippen LogP contribution in [0.1, 0.15) is 52.4 Å². The number of ether oxygens (including phenoxy) is 1. The second kappa shape index (κ2) is 7.84. The number of hydrogen-bond donors (Lipinski definition) is 1. The molecule has 2 saturated heterocycles. The maximum Gasteiger partial charge on any atom is 0.407 e. The van der Waals surface area contributed by atoms with Gasteiger partial charge in [0.25, 0.3) is 0 Å². The molecule has 0 radical (unpaired) electrons. The summed E-state index contributed by atoms with van der Waals surface area (Å²) in [6.07, 6.45) is 4.55. The van der Waals surface area contributed by atoms with Crippen LogP contribution < -0.4 is 5.32 Å².